The van der Waals surface area contributed by atoms with Crippen LogP contribution in [0.5, 0.6) is 0 Å². The molecule has 2 atom stereocenters. The van der Waals surface area contributed by atoms with E-state index in [1.165, 1.54) is 24.2 Å². The molecule has 1 aromatic heterocycles. The summed E-state index contributed by atoms with van der Waals surface area (Å²) in [5.74, 6) is 0. The quantitative estimate of drug-likeness (QED) is 0.869. The molecule has 0 aromatic carbocycles. The van der Waals surface area contributed by atoms with Crippen LogP contribution in [0.25, 0.3) is 0 Å². The molecule has 0 aliphatic carbocycles. The van der Waals surface area contributed by atoms with Crippen LogP contribution in [0.3, 0.4) is 0 Å². The second kappa shape index (κ2) is 5.58. The highest BCUT2D eigenvalue weighted by atomic mass is 16.5. The number of rotatable bonds is 4. The van der Waals surface area contributed by atoms with Gasteiger partial charge in [0.1, 0.15) is 0 Å². The third-order valence-electron chi connectivity index (χ3n) is 3.56. The van der Waals surface area contributed by atoms with Gasteiger partial charge >= 0.3 is 0 Å². The summed E-state index contributed by atoms with van der Waals surface area (Å²) in [6, 6.07) is 4.86. The highest BCUT2D eigenvalue weighted by Crippen LogP contribution is 2.19. The lowest BCUT2D eigenvalue weighted by Gasteiger charge is -2.31. The van der Waals surface area contributed by atoms with Crippen molar-refractivity contribution < 1.29 is 4.74 Å². The van der Waals surface area contributed by atoms with Crippen molar-refractivity contribution in [3.05, 3.63) is 23.5 Å². The van der Waals surface area contributed by atoms with E-state index >= 15 is 0 Å². The van der Waals surface area contributed by atoms with Crippen LogP contribution < -0.4 is 5.43 Å². The molecule has 1 aromatic rings. The van der Waals surface area contributed by atoms with Crippen LogP contribution in [0.1, 0.15) is 44.0 Å². The molecule has 17 heavy (non-hydrogen) atoms. The Balaban J connectivity index is 1.94. The van der Waals surface area contributed by atoms with E-state index in [0.29, 0.717) is 12.1 Å². The SMILES string of the molecule is CCCC1CC(Nn2c(C)ccc2C)CCO1. The first-order valence-corrected chi connectivity index (χ1v) is 6.73. The van der Waals surface area contributed by atoms with Gasteiger partial charge in [0.15, 0.2) is 0 Å². The second-order valence-electron chi connectivity index (χ2n) is 5.08. The van der Waals surface area contributed by atoms with E-state index in [1.54, 1.807) is 0 Å². The van der Waals surface area contributed by atoms with Gasteiger partial charge in [0.25, 0.3) is 0 Å². The fraction of sp³-hybridized carbons (Fsp3) is 0.714. The monoisotopic (exact) mass is 236 g/mol. The number of hydrogen-bond acceptors (Lipinski definition) is 2. The Kier molecular flexibility index (Phi) is 4.11. The van der Waals surface area contributed by atoms with Crippen molar-refractivity contribution in [3.63, 3.8) is 0 Å². The first-order valence-electron chi connectivity index (χ1n) is 6.73. The number of nitrogens with zero attached hydrogens (tertiary/aromatic N) is 1. The van der Waals surface area contributed by atoms with Gasteiger partial charge in [-0.15, -0.1) is 0 Å². The van der Waals surface area contributed by atoms with Crippen molar-refractivity contribution >= 4 is 0 Å². The summed E-state index contributed by atoms with van der Waals surface area (Å²) in [5, 5.41) is 0. The molecule has 2 unspecified atom stereocenters. The van der Waals surface area contributed by atoms with E-state index in [4.69, 9.17) is 4.74 Å². The Morgan fingerprint density at radius 3 is 2.71 bits per heavy atom. The standard InChI is InChI=1S/C14H24N2O/c1-4-5-14-10-13(8-9-17-14)15-16-11(2)6-7-12(16)3/h6-7,13-15H,4-5,8-10H2,1-3H3. The second-order valence-corrected chi connectivity index (χ2v) is 5.08. The maximum Gasteiger partial charge on any atom is 0.0595 e. The van der Waals surface area contributed by atoms with E-state index < -0.39 is 0 Å². The van der Waals surface area contributed by atoms with Crippen molar-refractivity contribution in [1.29, 1.82) is 0 Å². The zero-order valence-electron chi connectivity index (χ0n) is 11.2. The van der Waals surface area contributed by atoms with E-state index in [9.17, 15) is 0 Å². The van der Waals surface area contributed by atoms with Crippen LogP contribution >= 0.6 is 0 Å². The average Bonchev–Trinajstić information content (AvgIpc) is 2.62. The van der Waals surface area contributed by atoms with Gasteiger partial charge in [-0.05, 0) is 45.2 Å². The van der Waals surface area contributed by atoms with Crippen LogP contribution in [-0.2, 0) is 4.74 Å². The van der Waals surface area contributed by atoms with Gasteiger partial charge in [-0.25, -0.2) is 0 Å². The molecule has 0 radical (unpaired) electrons. The summed E-state index contributed by atoms with van der Waals surface area (Å²) in [4.78, 5) is 0. The highest BCUT2D eigenvalue weighted by Gasteiger charge is 2.22. The molecule has 1 fully saturated rings. The molecule has 3 heteroatoms. The van der Waals surface area contributed by atoms with E-state index in [2.05, 4.69) is 43.0 Å². The minimum atomic E-state index is 0.447. The lowest BCUT2D eigenvalue weighted by Crippen LogP contribution is -2.38. The zero-order chi connectivity index (χ0) is 12.3. The molecule has 1 aliphatic rings. The first-order chi connectivity index (χ1) is 8.20. The topological polar surface area (TPSA) is 26.2 Å². The van der Waals surface area contributed by atoms with E-state index in [-0.39, 0.29) is 0 Å². The Morgan fingerprint density at radius 2 is 2.06 bits per heavy atom. The van der Waals surface area contributed by atoms with Crippen LogP contribution in [0.2, 0.25) is 0 Å². The molecule has 2 heterocycles. The van der Waals surface area contributed by atoms with E-state index in [1.807, 2.05) is 0 Å². The Bertz CT molecular complexity index is 338. The molecule has 96 valence electrons. The molecule has 1 aliphatic heterocycles. The normalized spacial score (nSPS) is 24.9. The van der Waals surface area contributed by atoms with Gasteiger partial charge in [0.2, 0.25) is 0 Å². The molecule has 0 amide bonds. The molecule has 3 nitrogen and oxygen atoms in total. The third kappa shape index (κ3) is 3.03. The number of aryl methyl sites for hydroxylation is 2. The lowest BCUT2D eigenvalue weighted by atomic mass is 10.0. The van der Waals surface area contributed by atoms with Crippen LogP contribution in [0, 0.1) is 13.8 Å². The summed E-state index contributed by atoms with van der Waals surface area (Å²) < 4.78 is 7.99. The van der Waals surface area contributed by atoms with Crippen molar-refractivity contribution in [2.45, 2.75) is 58.6 Å². The molecule has 0 bridgehead atoms. The number of nitrogens with one attached hydrogen (secondary N) is 1. The van der Waals surface area contributed by atoms with Crippen LogP contribution in [0.15, 0.2) is 12.1 Å². The Labute approximate surface area is 104 Å². The molecular formula is C14H24N2O. The average molecular weight is 236 g/mol. The van der Waals surface area contributed by atoms with Gasteiger partial charge in [-0.3, -0.25) is 4.68 Å². The summed E-state index contributed by atoms with van der Waals surface area (Å²) in [6.45, 7) is 7.40. The van der Waals surface area contributed by atoms with Crippen LogP contribution in [-0.4, -0.2) is 23.4 Å². The molecule has 1 saturated heterocycles. The third-order valence-corrected chi connectivity index (χ3v) is 3.56. The smallest absolute Gasteiger partial charge is 0.0595 e. The maximum atomic E-state index is 5.78. The van der Waals surface area contributed by atoms with Crippen molar-refractivity contribution in [1.82, 2.24) is 4.68 Å². The number of hydrogen-bond donors (Lipinski definition) is 1. The largest absolute Gasteiger partial charge is 0.378 e. The van der Waals surface area contributed by atoms with Gasteiger partial charge in [0, 0.05) is 24.0 Å². The summed E-state index contributed by atoms with van der Waals surface area (Å²) in [6.07, 6.45) is 5.07. The fourth-order valence-corrected chi connectivity index (χ4v) is 2.58. The van der Waals surface area contributed by atoms with E-state index in [0.717, 1.165) is 19.4 Å². The van der Waals surface area contributed by atoms with Gasteiger partial charge < -0.3 is 10.2 Å². The summed E-state index contributed by atoms with van der Waals surface area (Å²) in [7, 11) is 0. The summed E-state index contributed by atoms with van der Waals surface area (Å²) >= 11 is 0. The number of aromatic nitrogens is 1. The minimum absolute atomic E-state index is 0.447. The molecule has 0 spiro atoms. The fourth-order valence-electron chi connectivity index (χ4n) is 2.58. The lowest BCUT2D eigenvalue weighted by molar-refractivity contribution is 0.00420. The highest BCUT2D eigenvalue weighted by molar-refractivity contribution is 5.16. The molecule has 1 N–H and O–H groups in total. The molecule has 2 rings (SSSR count). The van der Waals surface area contributed by atoms with Crippen molar-refractivity contribution in [3.8, 4) is 0 Å². The van der Waals surface area contributed by atoms with Gasteiger partial charge in [-0.2, -0.15) is 0 Å². The molecule has 0 saturated carbocycles. The first kappa shape index (κ1) is 12.5. The summed E-state index contributed by atoms with van der Waals surface area (Å²) in [5.41, 5.74) is 6.18. The predicted molar refractivity (Wildman–Crippen MR) is 70.9 cm³/mol. The Morgan fingerprint density at radius 1 is 1.35 bits per heavy atom. The van der Waals surface area contributed by atoms with Gasteiger partial charge in [0.05, 0.1) is 6.10 Å². The zero-order valence-corrected chi connectivity index (χ0v) is 11.2. The number of ether oxygens (including phenoxy) is 1. The van der Waals surface area contributed by atoms with Crippen LogP contribution in [0.4, 0.5) is 0 Å². The predicted octanol–water partition coefficient (Wildman–Crippen LogP) is 3.00. The Hall–Kier alpha value is -0.960. The minimum Gasteiger partial charge on any atom is -0.378 e. The molecular weight excluding hydrogens is 212 g/mol. The van der Waals surface area contributed by atoms with Crippen molar-refractivity contribution in [2.75, 3.05) is 12.0 Å². The van der Waals surface area contributed by atoms with Crippen molar-refractivity contribution in [2.24, 2.45) is 0 Å². The maximum absolute atomic E-state index is 5.78. The van der Waals surface area contributed by atoms with Gasteiger partial charge in [-0.1, -0.05) is 13.3 Å².